The number of benzene rings is 1. The van der Waals surface area contributed by atoms with Crippen molar-refractivity contribution in [2.45, 2.75) is 32.4 Å². The van der Waals surface area contributed by atoms with Gasteiger partial charge in [0.1, 0.15) is 11.6 Å². The summed E-state index contributed by atoms with van der Waals surface area (Å²) in [6.07, 6.45) is -0.427. The van der Waals surface area contributed by atoms with Crippen LogP contribution in [-0.2, 0) is 9.53 Å². The largest absolute Gasteiger partial charge is 0.444 e. The molecule has 0 spiro atoms. The van der Waals surface area contributed by atoms with Gasteiger partial charge < -0.3 is 19.4 Å². The van der Waals surface area contributed by atoms with Crippen molar-refractivity contribution in [1.29, 1.82) is 0 Å². The molecule has 2 amide bonds. The smallest absolute Gasteiger partial charge is 0.411 e. The highest BCUT2D eigenvalue weighted by Gasteiger charge is 2.39. The van der Waals surface area contributed by atoms with E-state index < -0.39 is 17.7 Å². The Morgan fingerprint density at radius 1 is 1.00 bits per heavy atom. The lowest BCUT2D eigenvalue weighted by Gasteiger charge is -2.43. The van der Waals surface area contributed by atoms with Crippen molar-refractivity contribution >= 4 is 40.9 Å². The molecule has 1 aromatic rings. The van der Waals surface area contributed by atoms with E-state index >= 15 is 0 Å². The van der Waals surface area contributed by atoms with E-state index in [1.54, 1.807) is 11.0 Å². The van der Waals surface area contributed by atoms with E-state index in [9.17, 15) is 9.59 Å². The number of amides is 2. The zero-order valence-electron chi connectivity index (χ0n) is 18.0. The first-order valence-electron chi connectivity index (χ1n) is 10.2. The van der Waals surface area contributed by atoms with Gasteiger partial charge in [0.2, 0.25) is 5.91 Å². The van der Waals surface area contributed by atoms with Crippen LogP contribution in [0.15, 0.2) is 18.2 Å². The molecule has 2 heterocycles. The Kier molecular flexibility index (Phi) is 7.05. The van der Waals surface area contributed by atoms with Gasteiger partial charge in [-0.1, -0.05) is 23.2 Å². The minimum atomic E-state index is -0.598. The Balaban J connectivity index is 1.65. The van der Waals surface area contributed by atoms with Crippen molar-refractivity contribution in [3.63, 3.8) is 0 Å². The van der Waals surface area contributed by atoms with Crippen LogP contribution in [0.4, 0.5) is 10.5 Å². The third kappa shape index (κ3) is 5.50. The van der Waals surface area contributed by atoms with E-state index in [-0.39, 0.29) is 5.91 Å². The van der Waals surface area contributed by atoms with E-state index in [1.807, 2.05) is 44.9 Å². The zero-order valence-corrected chi connectivity index (χ0v) is 19.5. The molecule has 2 aliphatic heterocycles. The van der Waals surface area contributed by atoms with Crippen molar-refractivity contribution in [2.24, 2.45) is 0 Å². The molecule has 0 bridgehead atoms. The topological polar surface area (TPSA) is 56.3 Å². The molecule has 166 valence electrons. The van der Waals surface area contributed by atoms with Crippen LogP contribution in [0.3, 0.4) is 0 Å². The number of anilines is 1. The standard InChI is InChI=1S/C21H30Cl2N4O3/c1-21(2,3)30-20(29)27-12-7-24(4)14-18(27)19(28)26-10-8-25(9-11-26)15-5-6-16(22)17(23)13-15/h5-6,13,18H,7-12,14H2,1-4H3. The number of carbonyl (C=O) groups excluding carboxylic acids is 2. The molecular weight excluding hydrogens is 427 g/mol. The predicted molar refractivity (Wildman–Crippen MR) is 119 cm³/mol. The van der Waals surface area contributed by atoms with Gasteiger partial charge in [0.05, 0.1) is 10.0 Å². The van der Waals surface area contributed by atoms with Crippen molar-refractivity contribution in [3.05, 3.63) is 28.2 Å². The second kappa shape index (κ2) is 9.20. The van der Waals surface area contributed by atoms with Gasteiger partial charge in [-0.2, -0.15) is 0 Å². The molecule has 0 N–H and O–H groups in total. The minimum absolute atomic E-state index is 0.0267. The molecule has 1 aromatic carbocycles. The summed E-state index contributed by atoms with van der Waals surface area (Å²) in [6, 6.07) is 5.04. The molecule has 2 fully saturated rings. The van der Waals surface area contributed by atoms with Gasteiger partial charge >= 0.3 is 6.09 Å². The van der Waals surface area contributed by atoms with Gasteiger partial charge in [0.15, 0.2) is 0 Å². The summed E-state index contributed by atoms with van der Waals surface area (Å²) in [6.45, 7) is 9.75. The molecule has 7 nitrogen and oxygen atoms in total. The Labute approximate surface area is 188 Å². The van der Waals surface area contributed by atoms with Crippen LogP contribution in [0.1, 0.15) is 20.8 Å². The van der Waals surface area contributed by atoms with Gasteiger partial charge in [0, 0.05) is 51.5 Å². The van der Waals surface area contributed by atoms with Gasteiger partial charge in [-0.3, -0.25) is 9.69 Å². The average molecular weight is 457 g/mol. The summed E-state index contributed by atoms with van der Waals surface area (Å²) >= 11 is 12.2. The van der Waals surface area contributed by atoms with Crippen LogP contribution in [0.2, 0.25) is 10.0 Å². The Morgan fingerprint density at radius 3 is 2.27 bits per heavy atom. The highest BCUT2D eigenvalue weighted by Crippen LogP contribution is 2.28. The molecule has 3 rings (SSSR count). The fourth-order valence-electron chi connectivity index (χ4n) is 3.75. The maximum absolute atomic E-state index is 13.3. The van der Waals surface area contributed by atoms with E-state index in [1.165, 1.54) is 0 Å². The molecule has 0 radical (unpaired) electrons. The number of hydrogen-bond donors (Lipinski definition) is 0. The summed E-state index contributed by atoms with van der Waals surface area (Å²) in [5.74, 6) is -0.0267. The number of rotatable bonds is 2. The van der Waals surface area contributed by atoms with E-state index in [4.69, 9.17) is 27.9 Å². The van der Waals surface area contributed by atoms with Crippen LogP contribution in [0, 0.1) is 0 Å². The summed E-state index contributed by atoms with van der Waals surface area (Å²) in [4.78, 5) is 33.7. The number of likely N-dealkylation sites (N-methyl/N-ethyl adjacent to an activating group) is 1. The maximum atomic E-state index is 13.3. The van der Waals surface area contributed by atoms with Gasteiger partial charge in [-0.25, -0.2) is 4.79 Å². The summed E-state index contributed by atoms with van der Waals surface area (Å²) < 4.78 is 5.54. The third-order valence-electron chi connectivity index (χ3n) is 5.36. The summed E-state index contributed by atoms with van der Waals surface area (Å²) in [5, 5.41) is 1.05. The number of halogens is 2. The van der Waals surface area contributed by atoms with Crippen LogP contribution in [0.25, 0.3) is 0 Å². The van der Waals surface area contributed by atoms with Crippen LogP contribution in [-0.4, -0.2) is 91.2 Å². The molecule has 2 aliphatic rings. The number of piperazine rings is 2. The average Bonchev–Trinajstić information content (AvgIpc) is 2.68. The normalized spacial score (nSPS) is 21.0. The SMILES string of the molecule is CN1CCN(C(=O)OC(C)(C)C)C(C(=O)N2CCN(c3ccc(Cl)c(Cl)c3)CC2)C1. The van der Waals surface area contributed by atoms with Crippen LogP contribution >= 0.6 is 23.2 Å². The van der Waals surface area contributed by atoms with Crippen LogP contribution < -0.4 is 4.90 Å². The fraction of sp³-hybridized carbons (Fsp3) is 0.619. The van der Waals surface area contributed by atoms with Crippen molar-refractivity contribution < 1.29 is 14.3 Å². The van der Waals surface area contributed by atoms with Crippen molar-refractivity contribution in [1.82, 2.24) is 14.7 Å². The zero-order chi connectivity index (χ0) is 22.1. The molecule has 0 aliphatic carbocycles. The van der Waals surface area contributed by atoms with Crippen LogP contribution in [0.5, 0.6) is 0 Å². The Morgan fingerprint density at radius 2 is 1.67 bits per heavy atom. The molecule has 2 saturated heterocycles. The minimum Gasteiger partial charge on any atom is -0.444 e. The molecule has 1 atom stereocenters. The Bertz CT molecular complexity index is 791. The predicted octanol–water partition coefficient (Wildman–Crippen LogP) is 3.19. The number of nitrogens with zero attached hydrogens (tertiary/aromatic N) is 4. The second-order valence-corrected chi connectivity index (χ2v) is 9.68. The number of hydrogen-bond acceptors (Lipinski definition) is 5. The highest BCUT2D eigenvalue weighted by molar-refractivity contribution is 6.42. The highest BCUT2D eigenvalue weighted by atomic mass is 35.5. The van der Waals surface area contributed by atoms with Crippen molar-refractivity contribution in [3.8, 4) is 0 Å². The van der Waals surface area contributed by atoms with Gasteiger partial charge in [0.25, 0.3) is 0 Å². The van der Waals surface area contributed by atoms with E-state index in [0.29, 0.717) is 55.9 Å². The van der Waals surface area contributed by atoms with Gasteiger partial charge in [-0.05, 0) is 46.0 Å². The molecule has 30 heavy (non-hydrogen) atoms. The van der Waals surface area contributed by atoms with E-state index in [2.05, 4.69) is 9.80 Å². The Hall–Kier alpha value is -1.70. The molecule has 0 saturated carbocycles. The lowest BCUT2D eigenvalue weighted by Crippen LogP contribution is -2.62. The molecule has 1 unspecified atom stereocenters. The molecular formula is C21H30Cl2N4O3. The first-order valence-corrected chi connectivity index (χ1v) is 11.0. The second-order valence-electron chi connectivity index (χ2n) is 8.86. The first kappa shape index (κ1) is 23.0. The quantitative estimate of drug-likeness (QED) is 0.683. The monoisotopic (exact) mass is 456 g/mol. The summed E-state index contributed by atoms with van der Waals surface area (Å²) in [7, 11) is 1.97. The molecule has 9 heteroatoms. The third-order valence-corrected chi connectivity index (χ3v) is 6.10. The lowest BCUT2D eigenvalue weighted by atomic mass is 10.1. The fourth-order valence-corrected chi connectivity index (χ4v) is 4.04. The van der Waals surface area contributed by atoms with E-state index in [0.717, 1.165) is 5.69 Å². The number of carbonyl (C=O) groups is 2. The molecule has 0 aromatic heterocycles. The lowest BCUT2D eigenvalue weighted by molar-refractivity contribution is -0.139. The first-order chi connectivity index (χ1) is 14.0. The van der Waals surface area contributed by atoms with Crippen molar-refractivity contribution in [2.75, 3.05) is 57.8 Å². The maximum Gasteiger partial charge on any atom is 0.411 e. The number of ether oxygens (including phenoxy) is 1. The summed E-state index contributed by atoms with van der Waals surface area (Å²) in [5.41, 5.74) is 0.392. The van der Waals surface area contributed by atoms with Gasteiger partial charge in [-0.15, -0.1) is 0 Å².